The van der Waals surface area contributed by atoms with Gasteiger partial charge in [-0.3, -0.25) is 9.59 Å². The molecular formula is C22H25Cl2N3O6. The molecule has 33 heavy (non-hydrogen) atoms. The second-order valence-electron chi connectivity index (χ2n) is 6.50. The summed E-state index contributed by atoms with van der Waals surface area (Å²) in [6.07, 6.45) is 0. The Kier molecular flexibility index (Phi) is 9.74. The quantitative estimate of drug-likeness (QED) is 0.234. The molecule has 0 saturated carbocycles. The molecule has 0 aliphatic rings. The SMILES string of the molecule is CCOc1ccc(OCC)c(N(Cl)C(=O)C(N=Nc2cc(OC)cc(Cl)c2OC)C(C)=O)c1. The maximum Gasteiger partial charge on any atom is 0.276 e. The number of Topliss-reactive ketones (excluding diaryl/α,β-unsaturated/α-hetero) is 1. The van der Waals surface area contributed by atoms with Crippen molar-refractivity contribution in [2.45, 2.75) is 26.8 Å². The van der Waals surface area contributed by atoms with Gasteiger partial charge in [0.05, 0.1) is 32.5 Å². The minimum Gasteiger partial charge on any atom is -0.497 e. The van der Waals surface area contributed by atoms with E-state index in [1.165, 1.54) is 33.3 Å². The summed E-state index contributed by atoms with van der Waals surface area (Å²) < 4.78 is 22.2. The second kappa shape index (κ2) is 12.3. The van der Waals surface area contributed by atoms with Crippen LogP contribution in [-0.4, -0.2) is 45.2 Å². The molecule has 9 nitrogen and oxygen atoms in total. The summed E-state index contributed by atoms with van der Waals surface area (Å²) in [4.78, 5) is 25.4. The fourth-order valence-corrected chi connectivity index (χ4v) is 3.29. The number of benzene rings is 2. The molecule has 1 atom stereocenters. The van der Waals surface area contributed by atoms with Crippen LogP contribution in [0.4, 0.5) is 11.4 Å². The van der Waals surface area contributed by atoms with Gasteiger partial charge in [0.1, 0.15) is 28.6 Å². The zero-order chi connectivity index (χ0) is 24.5. The van der Waals surface area contributed by atoms with Crippen molar-refractivity contribution < 1.29 is 28.5 Å². The standard InChI is InChI=1S/C22H25Cl2N3O6/c1-6-32-14-8-9-19(33-7-2)18(12-14)27(24)22(29)20(13(3)28)26-25-17-11-15(30-4)10-16(23)21(17)31-5/h8-12,20H,6-7H2,1-5H3. The van der Waals surface area contributed by atoms with E-state index < -0.39 is 17.7 Å². The van der Waals surface area contributed by atoms with Crippen LogP contribution in [0.25, 0.3) is 0 Å². The van der Waals surface area contributed by atoms with E-state index in [0.717, 1.165) is 4.42 Å². The number of ether oxygens (including phenoxy) is 4. The molecule has 0 bridgehead atoms. The predicted octanol–water partition coefficient (Wildman–Crippen LogP) is 5.38. The lowest BCUT2D eigenvalue weighted by atomic mass is 10.2. The molecule has 0 aromatic heterocycles. The molecule has 2 aromatic carbocycles. The molecule has 11 heteroatoms. The third-order valence-corrected chi connectivity index (χ3v) is 4.91. The molecule has 0 saturated heterocycles. The lowest BCUT2D eigenvalue weighted by Crippen LogP contribution is -2.36. The average molecular weight is 498 g/mol. The lowest BCUT2D eigenvalue weighted by molar-refractivity contribution is -0.126. The highest BCUT2D eigenvalue weighted by atomic mass is 35.5. The number of hydrogen-bond acceptors (Lipinski definition) is 8. The highest BCUT2D eigenvalue weighted by molar-refractivity contribution is 6.39. The summed E-state index contributed by atoms with van der Waals surface area (Å²) in [7, 11) is 2.86. The average Bonchev–Trinajstić information content (AvgIpc) is 2.79. The van der Waals surface area contributed by atoms with Crippen LogP contribution >= 0.6 is 23.4 Å². The van der Waals surface area contributed by atoms with Crippen molar-refractivity contribution in [2.24, 2.45) is 10.2 Å². The van der Waals surface area contributed by atoms with Crippen LogP contribution in [-0.2, 0) is 9.59 Å². The van der Waals surface area contributed by atoms with Gasteiger partial charge >= 0.3 is 0 Å². The van der Waals surface area contributed by atoms with Crippen LogP contribution in [0, 0.1) is 0 Å². The van der Waals surface area contributed by atoms with Gasteiger partial charge in [0.15, 0.2) is 11.5 Å². The van der Waals surface area contributed by atoms with Crippen LogP contribution < -0.4 is 23.4 Å². The number of methoxy groups -OCH3 is 2. The Morgan fingerprint density at radius 1 is 1.03 bits per heavy atom. The maximum atomic E-state index is 13.1. The van der Waals surface area contributed by atoms with E-state index in [4.69, 9.17) is 42.3 Å². The van der Waals surface area contributed by atoms with Crippen LogP contribution in [0.1, 0.15) is 20.8 Å². The first kappa shape index (κ1) is 26.2. The summed E-state index contributed by atoms with van der Waals surface area (Å²) in [5.74, 6) is 0.0305. The Hall–Kier alpha value is -3.04. The molecule has 0 N–H and O–H groups in total. The van der Waals surface area contributed by atoms with Crippen molar-refractivity contribution in [3.05, 3.63) is 35.4 Å². The Bertz CT molecular complexity index is 1030. The Balaban J connectivity index is 2.43. The summed E-state index contributed by atoms with van der Waals surface area (Å²) in [5.41, 5.74) is 0.383. The van der Waals surface area contributed by atoms with E-state index >= 15 is 0 Å². The molecule has 1 amide bonds. The normalized spacial score (nSPS) is 11.7. The van der Waals surface area contributed by atoms with E-state index in [-0.39, 0.29) is 22.1 Å². The second-order valence-corrected chi connectivity index (χ2v) is 7.25. The van der Waals surface area contributed by atoms with Crippen molar-refractivity contribution in [1.29, 1.82) is 0 Å². The van der Waals surface area contributed by atoms with Crippen molar-refractivity contribution in [2.75, 3.05) is 31.9 Å². The first-order valence-electron chi connectivity index (χ1n) is 9.99. The smallest absolute Gasteiger partial charge is 0.276 e. The number of halogens is 2. The van der Waals surface area contributed by atoms with Gasteiger partial charge in [0.2, 0.25) is 6.04 Å². The van der Waals surface area contributed by atoms with E-state index in [1.807, 2.05) is 6.92 Å². The van der Waals surface area contributed by atoms with Gasteiger partial charge in [-0.15, -0.1) is 0 Å². The summed E-state index contributed by atoms with van der Waals surface area (Å²) in [6, 6.07) is 6.37. The van der Waals surface area contributed by atoms with Gasteiger partial charge in [0, 0.05) is 30.0 Å². The molecule has 0 fully saturated rings. The van der Waals surface area contributed by atoms with Crippen LogP contribution in [0.15, 0.2) is 40.6 Å². The summed E-state index contributed by atoms with van der Waals surface area (Å²) in [5, 5.41) is 8.18. The van der Waals surface area contributed by atoms with Crippen molar-refractivity contribution >= 4 is 46.4 Å². The Morgan fingerprint density at radius 3 is 2.30 bits per heavy atom. The van der Waals surface area contributed by atoms with E-state index in [9.17, 15) is 9.59 Å². The molecule has 1 unspecified atom stereocenters. The Labute approximate surface area is 202 Å². The number of azo groups is 1. The highest BCUT2D eigenvalue weighted by Crippen LogP contribution is 2.39. The van der Waals surface area contributed by atoms with Crippen molar-refractivity contribution in [3.63, 3.8) is 0 Å². The van der Waals surface area contributed by atoms with E-state index in [0.29, 0.717) is 30.5 Å². The number of amides is 1. The molecule has 0 aliphatic carbocycles. The van der Waals surface area contributed by atoms with Gasteiger partial charge in [-0.25, -0.2) is 4.42 Å². The number of anilines is 1. The van der Waals surface area contributed by atoms with Crippen LogP contribution in [0.5, 0.6) is 23.0 Å². The maximum absolute atomic E-state index is 13.1. The monoisotopic (exact) mass is 497 g/mol. The first-order valence-corrected chi connectivity index (χ1v) is 10.7. The largest absolute Gasteiger partial charge is 0.497 e. The molecule has 178 valence electrons. The number of nitrogens with zero attached hydrogens (tertiary/aromatic N) is 3. The number of carbonyl (C=O) groups is 2. The highest BCUT2D eigenvalue weighted by Gasteiger charge is 2.31. The number of carbonyl (C=O) groups excluding carboxylic acids is 2. The zero-order valence-corrected chi connectivity index (χ0v) is 20.4. The van der Waals surface area contributed by atoms with Gasteiger partial charge in [-0.2, -0.15) is 10.2 Å². The van der Waals surface area contributed by atoms with E-state index in [1.54, 1.807) is 25.1 Å². The minimum atomic E-state index is -1.53. The third kappa shape index (κ3) is 6.49. The van der Waals surface area contributed by atoms with Crippen LogP contribution in [0.3, 0.4) is 0 Å². The van der Waals surface area contributed by atoms with Gasteiger partial charge < -0.3 is 18.9 Å². The predicted molar refractivity (Wildman–Crippen MR) is 126 cm³/mol. The van der Waals surface area contributed by atoms with Gasteiger partial charge in [-0.1, -0.05) is 11.6 Å². The van der Waals surface area contributed by atoms with Crippen molar-refractivity contribution in [1.82, 2.24) is 0 Å². The van der Waals surface area contributed by atoms with Crippen molar-refractivity contribution in [3.8, 4) is 23.0 Å². The number of ketones is 1. The molecule has 0 heterocycles. The lowest BCUT2D eigenvalue weighted by Gasteiger charge is -2.20. The number of rotatable bonds is 11. The summed E-state index contributed by atoms with van der Waals surface area (Å²) in [6.45, 7) is 5.58. The fraction of sp³-hybridized carbons (Fsp3) is 0.364. The van der Waals surface area contributed by atoms with Gasteiger partial charge in [-0.05, 0) is 32.9 Å². The Morgan fingerprint density at radius 2 is 1.73 bits per heavy atom. The molecular weight excluding hydrogens is 473 g/mol. The molecule has 0 radical (unpaired) electrons. The first-order chi connectivity index (χ1) is 15.8. The van der Waals surface area contributed by atoms with Crippen LogP contribution in [0.2, 0.25) is 5.02 Å². The minimum absolute atomic E-state index is 0.176. The molecule has 2 rings (SSSR count). The van der Waals surface area contributed by atoms with Gasteiger partial charge in [0.25, 0.3) is 5.91 Å². The third-order valence-electron chi connectivity index (χ3n) is 4.28. The fourth-order valence-electron chi connectivity index (χ4n) is 2.78. The number of hydrogen-bond donors (Lipinski definition) is 0. The molecule has 0 aliphatic heterocycles. The molecule has 2 aromatic rings. The zero-order valence-electron chi connectivity index (χ0n) is 18.9. The van der Waals surface area contributed by atoms with E-state index in [2.05, 4.69) is 10.2 Å². The summed E-state index contributed by atoms with van der Waals surface area (Å²) >= 11 is 12.5. The molecule has 0 spiro atoms. The topological polar surface area (TPSA) is 99.0 Å².